The smallest absolute Gasteiger partial charge is 0.240 e. The molecule has 22 heavy (non-hydrogen) atoms. The fourth-order valence-corrected chi connectivity index (χ4v) is 3.65. The van der Waals surface area contributed by atoms with Crippen LogP contribution >= 0.6 is 0 Å². The van der Waals surface area contributed by atoms with Gasteiger partial charge in [0.2, 0.25) is 10.0 Å². The molecule has 0 spiro atoms. The number of rotatable bonds is 3. The predicted octanol–water partition coefficient (Wildman–Crippen LogP) is 1.08. The van der Waals surface area contributed by atoms with Crippen molar-refractivity contribution in [3.63, 3.8) is 0 Å². The lowest BCUT2D eigenvalue weighted by Crippen LogP contribution is -2.37. The highest BCUT2D eigenvalue weighted by molar-refractivity contribution is 7.89. The summed E-state index contributed by atoms with van der Waals surface area (Å²) in [6, 6.07) is 5.41. The molecular formula is C14H19N5O2S. The van der Waals surface area contributed by atoms with Crippen molar-refractivity contribution in [2.45, 2.75) is 30.7 Å². The van der Waals surface area contributed by atoms with Crippen LogP contribution in [0, 0.1) is 6.92 Å². The lowest BCUT2D eigenvalue weighted by molar-refractivity contribution is 0.374. The van der Waals surface area contributed by atoms with Gasteiger partial charge in [-0.3, -0.25) is 0 Å². The first-order valence-corrected chi connectivity index (χ1v) is 8.72. The second-order valence-corrected chi connectivity index (χ2v) is 7.16. The Kier molecular flexibility index (Phi) is 3.88. The van der Waals surface area contributed by atoms with E-state index in [1.54, 1.807) is 18.5 Å². The zero-order chi connectivity index (χ0) is 15.7. The lowest BCUT2D eigenvalue weighted by Gasteiger charge is -2.35. The number of nitrogens with zero attached hydrogens (tertiary/aromatic N) is 4. The van der Waals surface area contributed by atoms with Crippen molar-refractivity contribution in [2.24, 2.45) is 5.14 Å². The number of hydrogen-bond acceptors (Lipinski definition) is 5. The number of primary sulfonamides is 1. The Morgan fingerprint density at radius 1 is 1.36 bits per heavy atom. The highest BCUT2D eigenvalue weighted by Crippen LogP contribution is 2.31. The molecule has 1 atom stereocenters. The molecule has 1 saturated heterocycles. The Morgan fingerprint density at radius 3 is 2.86 bits per heavy atom. The van der Waals surface area contributed by atoms with Crippen molar-refractivity contribution in [3.05, 3.63) is 36.4 Å². The minimum absolute atomic E-state index is 0.178. The SMILES string of the molecule is Cc1ccc(S(N)(=O)=O)c(N2CCCC(n3cncn3)C2)c1. The van der Waals surface area contributed by atoms with Gasteiger partial charge in [0, 0.05) is 13.1 Å². The maximum Gasteiger partial charge on any atom is 0.240 e. The fourth-order valence-electron chi connectivity index (χ4n) is 2.91. The van der Waals surface area contributed by atoms with E-state index in [1.165, 1.54) is 6.33 Å². The molecular weight excluding hydrogens is 302 g/mol. The van der Waals surface area contributed by atoms with Gasteiger partial charge in [-0.25, -0.2) is 23.2 Å². The Labute approximate surface area is 129 Å². The van der Waals surface area contributed by atoms with Gasteiger partial charge in [0.05, 0.1) is 11.7 Å². The summed E-state index contributed by atoms with van der Waals surface area (Å²) in [5, 5.41) is 9.55. The summed E-state index contributed by atoms with van der Waals surface area (Å²) in [5.41, 5.74) is 1.68. The zero-order valence-electron chi connectivity index (χ0n) is 12.4. The van der Waals surface area contributed by atoms with E-state index in [2.05, 4.69) is 15.0 Å². The molecule has 1 aliphatic heterocycles. The number of nitrogens with two attached hydrogens (primary N) is 1. The summed E-state index contributed by atoms with van der Waals surface area (Å²) in [7, 11) is -3.75. The van der Waals surface area contributed by atoms with Crippen LogP contribution in [0.1, 0.15) is 24.4 Å². The van der Waals surface area contributed by atoms with Gasteiger partial charge in [0.1, 0.15) is 17.6 Å². The van der Waals surface area contributed by atoms with Crippen molar-refractivity contribution in [1.29, 1.82) is 0 Å². The third-order valence-corrected chi connectivity index (χ3v) is 4.93. The molecule has 1 aliphatic rings. The van der Waals surface area contributed by atoms with Gasteiger partial charge in [0.15, 0.2) is 0 Å². The van der Waals surface area contributed by atoms with E-state index in [0.29, 0.717) is 12.2 Å². The molecule has 0 radical (unpaired) electrons. The molecule has 0 amide bonds. The molecule has 1 aromatic carbocycles. The quantitative estimate of drug-likeness (QED) is 0.913. The van der Waals surface area contributed by atoms with E-state index >= 15 is 0 Å². The molecule has 118 valence electrons. The number of piperidine rings is 1. The number of aromatic nitrogens is 3. The summed E-state index contributed by atoms with van der Waals surface area (Å²) in [6.07, 6.45) is 5.17. The lowest BCUT2D eigenvalue weighted by atomic mass is 10.0. The molecule has 3 rings (SSSR count). The van der Waals surface area contributed by atoms with Crippen LogP contribution in [0.15, 0.2) is 35.7 Å². The van der Waals surface area contributed by atoms with Gasteiger partial charge in [-0.2, -0.15) is 5.10 Å². The largest absolute Gasteiger partial charge is 0.368 e. The van der Waals surface area contributed by atoms with Gasteiger partial charge in [0.25, 0.3) is 0 Å². The molecule has 2 aromatic rings. The van der Waals surface area contributed by atoms with Crippen LogP contribution < -0.4 is 10.0 Å². The highest BCUT2D eigenvalue weighted by atomic mass is 32.2. The monoisotopic (exact) mass is 321 g/mol. The predicted molar refractivity (Wildman–Crippen MR) is 83.1 cm³/mol. The first-order chi connectivity index (χ1) is 10.4. The van der Waals surface area contributed by atoms with Gasteiger partial charge in [-0.1, -0.05) is 6.07 Å². The maximum atomic E-state index is 11.8. The van der Waals surface area contributed by atoms with Gasteiger partial charge in [-0.05, 0) is 37.5 Å². The number of hydrogen-bond donors (Lipinski definition) is 1. The van der Waals surface area contributed by atoms with Crippen LogP contribution in [-0.4, -0.2) is 36.3 Å². The van der Waals surface area contributed by atoms with Crippen molar-refractivity contribution < 1.29 is 8.42 Å². The summed E-state index contributed by atoms with van der Waals surface area (Å²) in [5.74, 6) is 0. The first kappa shape index (κ1) is 15.0. The molecule has 0 saturated carbocycles. The van der Waals surface area contributed by atoms with Crippen LogP contribution in [0.5, 0.6) is 0 Å². The van der Waals surface area contributed by atoms with Gasteiger partial charge >= 0.3 is 0 Å². The molecule has 0 aliphatic carbocycles. The number of aryl methyl sites for hydroxylation is 1. The topological polar surface area (TPSA) is 94.1 Å². The number of anilines is 1. The van der Waals surface area contributed by atoms with Crippen molar-refractivity contribution in [2.75, 3.05) is 18.0 Å². The van der Waals surface area contributed by atoms with E-state index in [1.807, 2.05) is 17.7 Å². The van der Waals surface area contributed by atoms with Crippen molar-refractivity contribution in [1.82, 2.24) is 14.8 Å². The molecule has 2 heterocycles. The molecule has 8 heteroatoms. The van der Waals surface area contributed by atoms with Crippen molar-refractivity contribution in [3.8, 4) is 0 Å². The number of sulfonamides is 1. The van der Waals surface area contributed by atoms with Crippen LogP contribution in [0.2, 0.25) is 0 Å². The summed E-state index contributed by atoms with van der Waals surface area (Å²) in [4.78, 5) is 6.23. The van der Waals surface area contributed by atoms with E-state index in [9.17, 15) is 8.42 Å². The van der Waals surface area contributed by atoms with Crippen LogP contribution in [-0.2, 0) is 10.0 Å². The Morgan fingerprint density at radius 2 is 2.18 bits per heavy atom. The van der Waals surface area contributed by atoms with E-state index < -0.39 is 10.0 Å². The van der Waals surface area contributed by atoms with Crippen LogP contribution in [0.3, 0.4) is 0 Å². The van der Waals surface area contributed by atoms with E-state index in [4.69, 9.17) is 5.14 Å². The normalized spacial score (nSPS) is 19.4. The van der Waals surface area contributed by atoms with Gasteiger partial charge < -0.3 is 4.90 Å². The molecule has 0 bridgehead atoms. The first-order valence-electron chi connectivity index (χ1n) is 7.17. The molecule has 2 N–H and O–H groups in total. The Balaban J connectivity index is 1.95. The average Bonchev–Trinajstić information content (AvgIpc) is 3.00. The third kappa shape index (κ3) is 2.97. The minimum atomic E-state index is -3.75. The fraction of sp³-hybridized carbons (Fsp3) is 0.429. The summed E-state index contributed by atoms with van der Waals surface area (Å²) >= 11 is 0. The van der Waals surface area contributed by atoms with Crippen LogP contribution in [0.4, 0.5) is 5.69 Å². The molecule has 1 fully saturated rings. The third-order valence-electron chi connectivity index (χ3n) is 3.97. The van der Waals surface area contributed by atoms with E-state index in [-0.39, 0.29) is 10.9 Å². The Bertz CT molecular complexity index is 758. The highest BCUT2D eigenvalue weighted by Gasteiger charge is 2.26. The molecule has 1 aromatic heterocycles. The van der Waals surface area contributed by atoms with Crippen LogP contribution in [0.25, 0.3) is 0 Å². The minimum Gasteiger partial charge on any atom is -0.368 e. The van der Waals surface area contributed by atoms with E-state index in [0.717, 1.165) is 24.9 Å². The average molecular weight is 321 g/mol. The van der Waals surface area contributed by atoms with Gasteiger partial charge in [-0.15, -0.1) is 0 Å². The summed E-state index contributed by atoms with van der Waals surface area (Å²) in [6.45, 7) is 3.43. The second-order valence-electron chi connectivity index (χ2n) is 5.63. The molecule has 1 unspecified atom stereocenters. The zero-order valence-corrected chi connectivity index (χ0v) is 13.2. The standard InChI is InChI=1S/C14H19N5O2S/c1-11-4-5-14(22(15,20)21)13(7-11)18-6-2-3-12(8-18)19-10-16-9-17-19/h4-5,7,9-10,12H,2-3,6,8H2,1H3,(H2,15,20,21). The maximum absolute atomic E-state index is 11.8. The second kappa shape index (κ2) is 5.69. The summed E-state index contributed by atoms with van der Waals surface area (Å²) < 4.78 is 25.5. The molecule has 7 nitrogen and oxygen atoms in total. The Hall–Kier alpha value is -1.93. The number of benzene rings is 1. The van der Waals surface area contributed by atoms with Crippen molar-refractivity contribution >= 4 is 15.7 Å².